The highest BCUT2D eigenvalue weighted by atomic mass is 79.9. The van der Waals surface area contributed by atoms with Crippen LogP contribution in [0.1, 0.15) is 6.42 Å². The van der Waals surface area contributed by atoms with E-state index in [1.165, 1.54) is 12.0 Å². The molecule has 0 N–H and O–H groups in total. The number of hydrogen-bond acceptors (Lipinski definition) is 4. The van der Waals surface area contributed by atoms with E-state index in [1.54, 1.807) is 0 Å². The van der Waals surface area contributed by atoms with Gasteiger partial charge in [0.05, 0.1) is 17.7 Å². The third-order valence-electron chi connectivity index (χ3n) is 3.16. The van der Waals surface area contributed by atoms with Crippen LogP contribution in [-0.2, 0) is 4.79 Å². The zero-order valence-electron chi connectivity index (χ0n) is 10.6. The van der Waals surface area contributed by atoms with E-state index in [9.17, 15) is 19.3 Å². The van der Waals surface area contributed by atoms with Crippen molar-refractivity contribution < 1.29 is 18.8 Å². The van der Waals surface area contributed by atoms with Gasteiger partial charge in [-0.2, -0.15) is 4.39 Å². The van der Waals surface area contributed by atoms with Crippen molar-refractivity contribution in [3.05, 3.63) is 28.1 Å². The lowest BCUT2D eigenvalue weighted by Crippen LogP contribution is -2.25. The quantitative estimate of drug-likeness (QED) is 0.477. The fourth-order valence-corrected chi connectivity index (χ4v) is 2.60. The molecule has 0 spiro atoms. The highest BCUT2D eigenvalue weighted by Gasteiger charge is 2.33. The van der Waals surface area contributed by atoms with Crippen molar-refractivity contribution in [1.82, 2.24) is 0 Å². The number of rotatable bonds is 4. The van der Waals surface area contributed by atoms with Crippen LogP contribution in [0.15, 0.2) is 12.1 Å². The summed E-state index contributed by atoms with van der Waals surface area (Å²) in [6.45, 7) is 0.420. The Morgan fingerprint density at radius 2 is 2.30 bits per heavy atom. The van der Waals surface area contributed by atoms with Crippen LogP contribution in [0.5, 0.6) is 5.75 Å². The molecule has 1 aromatic rings. The second-order valence-corrected chi connectivity index (χ2v) is 5.11. The van der Waals surface area contributed by atoms with Gasteiger partial charge in [-0.05, 0) is 5.92 Å². The summed E-state index contributed by atoms with van der Waals surface area (Å²) in [6.07, 6.45) is 0.347. The number of nitro benzene ring substituents is 1. The summed E-state index contributed by atoms with van der Waals surface area (Å²) in [5.74, 6) is -0.916. The van der Waals surface area contributed by atoms with Gasteiger partial charge in [-0.3, -0.25) is 14.9 Å². The van der Waals surface area contributed by atoms with E-state index in [4.69, 9.17) is 4.74 Å². The zero-order valence-corrected chi connectivity index (χ0v) is 12.2. The molecule has 1 aliphatic heterocycles. The number of ether oxygens (including phenoxy) is 1. The summed E-state index contributed by atoms with van der Waals surface area (Å²) in [5, 5.41) is 11.5. The van der Waals surface area contributed by atoms with Crippen molar-refractivity contribution in [2.75, 3.05) is 23.9 Å². The van der Waals surface area contributed by atoms with E-state index >= 15 is 0 Å². The number of halogens is 2. The maximum Gasteiger partial charge on any atom is 0.307 e. The minimum Gasteiger partial charge on any atom is -0.494 e. The van der Waals surface area contributed by atoms with Gasteiger partial charge in [0, 0.05) is 30.4 Å². The SMILES string of the molecule is COc1cc(F)c([N+](=O)[O-])cc1N1CC(CBr)CC1=O. The standard InChI is InChI=1S/C12H12BrFN2O4/c1-20-11-3-8(14)9(16(18)19)4-10(11)15-6-7(5-13)2-12(15)17/h3-4,7H,2,5-6H2,1H3. The Morgan fingerprint density at radius 3 is 2.80 bits per heavy atom. The van der Waals surface area contributed by atoms with Crippen LogP contribution in [-0.4, -0.2) is 29.8 Å². The van der Waals surface area contributed by atoms with Crippen LogP contribution >= 0.6 is 15.9 Å². The molecular formula is C12H12BrFN2O4. The molecule has 1 heterocycles. The molecule has 0 aliphatic carbocycles. The molecule has 0 bridgehead atoms. The van der Waals surface area contributed by atoms with Crippen molar-refractivity contribution in [1.29, 1.82) is 0 Å². The fourth-order valence-electron chi connectivity index (χ4n) is 2.16. The molecule has 1 saturated heterocycles. The largest absolute Gasteiger partial charge is 0.494 e. The lowest BCUT2D eigenvalue weighted by molar-refractivity contribution is -0.387. The third kappa shape index (κ3) is 2.60. The van der Waals surface area contributed by atoms with Crippen molar-refractivity contribution >= 4 is 33.2 Å². The number of nitrogens with zero attached hydrogens (tertiary/aromatic N) is 2. The van der Waals surface area contributed by atoms with E-state index in [0.717, 1.165) is 12.1 Å². The molecule has 1 aromatic carbocycles. The lowest BCUT2D eigenvalue weighted by Gasteiger charge is -2.19. The summed E-state index contributed by atoms with van der Waals surface area (Å²) < 4.78 is 18.6. The molecule has 1 unspecified atom stereocenters. The topological polar surface area (TPSA) is 72.7 Å². The van der Waals surface area contributed by atoms with Crippen molar-refractivity contribution in [3.8, 4) is 5.75 Å². The predicted molar refractivity (Wildman–Crippen MR) is 73.9 cm³/mol. The van der Waals surface area contributed by atoms with Gasteiger partial charge < -0.3 is 9.64 Å². The van der Waals surface area contributed by atoms with Gasteiger partial charge in [0.1, 0.15) is 5.75 Å². The van der Waals surface area contributed by atoms with E-state index in [2.05, 4.69) is 15.9 Å². The van der Waals surface area contributed by atoms with E-state index in [0.29, 0.717) is 18.3 Å². The number of nitro groups is 1. The number of hydrogen-bond donors (Lipinski definition) is 0. The van der Waals surface area contributed by atoms with E-state index in [1.807, 2.05) is 0 Å². The number of methoxy groups -OCH3 is 1. The number of amides is 1. The minimum atomic E-state index is -0.987. The number of anilines is 1. The first-order valence-corrected chi connectivity index (χ1v) is 6.98. The van der Waals surface area contributed by atoms with Crippen LogP contribution in [0.4, 0.5) is 15.8 Å². The maximum absolute atomic E-state index is 13.6. The van der Waals surface area contributed by atoms with Crippen LogP contribution in [0.2, 0.25) is 0 Å². The van der Waals surface area contributed by atoms with Crippen molar-refractivity contribution in [3.63, 3.8) is 0 Å². The minimum absolute atomic E-state index is 0.108. The maximum atomic E-state index is 13.6. The highest BCUT2D eigenvalue weighted by molar-refractivity contribution is 9.09. The summed E-state index contributed by atoms with van der Waals surface area (Å²) in [5.41, 5.74) is -0.440. The molecule has 108 valence electrons. The molecule has 1 fully saturated rings. The molecule has 2 rings (SSSR count). The van der Waals surface area contributed by atoms with Gasteiger partial charge in [0.2, 0.25) is 11.7 Å². The van der Waals surface area contributed by atoms with Crippen LogP contribution in [0.3, 0.4) is 0 Å². The molecule has 6 nitrogen and oxygen atoms in total. The Morgan fingerprint density at radius 1 is 1.60 bits per heavy atom. The van der Waals surface area contributed by atoms with Crippen LogP contribution < -0.4 is 9.64 Å². The van der Waals surface area contributed by atoms with E-state index < -0.39 is 16.4 Å². The zero-order chi connectivity index (χ0) is 14.9. The lowest BCUT2D eigenvalue weighted by atomic mass is 10.2. The Bertz CT molecular complexity index is 567. The van der Waals surface area contributed by atoms with Crippen molar-refractivity contribution in [2.45, 2.75) is 6.42 Å². The average Bonchev–Trinajstić information content (AvgIpc) is 2.79. The summed E-state index contributed by atoms with van der Waals surface area (Å²) in [6, 6.07) is 1.98. The number of carbonyl (C=O) groups is 1. The average molecular weight is 347 g/mol. The van der Waals surface area contributed by atoms with Crippen LogP contribution in [0.25, 0.3) is 0 Å². The van der Waals surface area contributed by atoms with Crippen molar-refractivity contribution in [2.24, 2.45) is 5.92 Å². The normalized spacial score (nSPS) is 18.4. The molecular weight excluding hydrogens is 335 g/mol. The summed E-state index contributed by atoms with van der Waals surface area (Å²) in [4.78, 5) is 23.3. The Labute approximate surface area is 122 Å². The first-order valence-electron chi connectivity index (χ1n) is 5.86. The first-order chi connectivity index (χ1) is 9.47. The van der Waals surface area contributed by atoms with Gasteiger partial charge in [-0.25, -0.2) is 0 Å². The monoisotopic (exact) mass is 346 g/mol. The van der Waals surface area contributed by atoms with E-state index in [-0.39, 0.29) is 23.3 Å². The Balaban J connectivity index is 2.47. The van der Waals surface area contributed by atoms with Gasteiger partial charge >= 0.3 is 5.69 Å². The third-order valence-corrected chi connectivity index (χ3v) is 4.07. The summed E-state index contributed by atoms with van der Waals surface area (Å²) >= 11 is 3.31. The second-order valence-electron chi connectivity index (χ2n) is 4.46. The van der Waals surface area contributed by atoms with Crippen LogP contribution in [0, 0.1) is 21.8 Å². The molecule has 0 radical (unpaired) electrons. The molecule has 8 heteroatoms. The van der Waals surface area contributed by atoms with Gasteiger partial charge in [0.15, 0.2) is 0 Å². The molecule has 1 amide bonds. The number of carbonyl (C=O) groups excluding carboxylic acids is 1. The summed E-state index contributed by atoms with van der Waals surface area (Å²) in [7, 11) is 1.33. The molecule has 0 aromatic heterocycles. The van der Waals surface area contributed by atoms with Gasteiger partial charge in [-0.1, -0.05) is 15.9 Å². The molecule has 0 saturated carbocycles. The Hall–Kier alpha value is -1.70. The number of benzene rings is 1. The smallest absolute Gasteiger partial charge is 0.307 e. The molecule has 1 aliphatic rings. The fraction of sp³-hybridized carbons (Fsp3) is 0.417. The van der Waals surface area contributed by atoms with Gasteiger partial charge in [0.25, 0.3) is 0 Å². The predicted octanol–water partition coefficient (Wildman–Crippen LogP) is 2.49. The first kappa shape index (κ1) is 14.7. The second kappa shape index (κ2) is 5.74. The highest BCUT2D eigenvalue weighted by Crippen LogP contribution is 2.37. The molecule has 20 heavy (non-hydrogen) atoms. The molecule has 1 atom stereocenters. The number of alkyl halides is 1. The van der Waals surface area contributed by atoms with Gasteiger partial charge in [-0.15, -0.1) is 0 Å². The Kier molecular flexibility index (Phi) is 4.22.